The highest BCUT2D eigenvalue weighted by Gasteiger charge is 2.41. The van der Waals surface area contributed by atoms with Gasteiger partial charge in [-0.15, -0.1) is 22.7 Å². The zero-order valence-corrected chi connectivity index (χ0v) is 43.0. The number of benzene rings is 4. The lowest BCUT2D eigenvalue weighted by Crippen LogP contribution is -2.48. The van der Waals surface area contributed by atoms with E-state index in [4.69, 9.17) is 44.3 Å². The number of ether oxygens (including phenoxy) is 2. The maximum Gasteiger partial charge on any atom is 0.263 e. The van der Waals surface area contributed by atoms with Crippen LogP contribution < -0.4 is 19.2 Å². The van der Waals surface area contributed by atoms with Gasteiger partial charge in [0.25, 0.3) is 20.0 Å². The Morgan fingerprint density at radius 3 is 1.49 bits per heavy atom. The molecular formula is C47H47Cl3N8O8S4. The van der Waals surface area contributed by atoms with Gasteiger partial charge >= 0.3 is 0 Å². The summed E-state index contributed by atoms with van der Waals surface area (Å²) >= 11 is 20.9. The molecule has 23 heteroatoms. The van der Waals surface area contributed by atoms with Crippen molar-refractivity contribution < 1.29 is 35.9 Å². The Bertz CT molecular complexity index is 3030. The van der Waals surface area contributed by atoms with Crippen molar-refractivity contribution in [3.8, 4) is 0 Å². The van der Waals surface area contributed by atoms with E-state index in [9.17, 15) is 26.4 Å². The fraction of sp³-hybridized carbons (Fsp3) is 0.319. The molecule has 2 amide bonds. The normalized spacial score (nSPS) is 21.4. The summed E-state index contributed by atoms with van der Waals surface area (Å²) in [4.78, 5) is 42.5. The summed E-state index contributed by atoms with van der Waals surface area (Å²) < 4.78 is 67.2. The number of sulfonamides is 2. The van der Waals surface area contributed by atoms with Crippen LogP contribution in [0.5, 0.6) is 0 Å². The predicted molar refractivity (Wildman–Crippen MR) is 273 cm³/mol. The summed E-state index contributed by atoms with van der Waals surface area (Å²) in [7, 11) is -7.49. The minimum atomic E-state index is -3.75. The van der Waals surface area contributed by atoms with Gasteiger partial charge < -0.3 is 19.3 Å². The molecule has 4 fully saturated rings. The summed E-state index contributed by atoms with van der Waals surface area (Å²) in [6.45, 7) is 6.67. The first kappa shape index (κ1) is 50.2. The number of morpholine rings is 2. The highest BCUT2D eigenvalue weighted by molar-refractivity contribution is 7.93. The molecule has 4 saturated heterocycles. The fourth-order valence-corrected chi connectivity index (χ4v) is 13.2. The number of carbonyl (C=O) groups excluding carboxylic acids is 2. The standard InChI is InChI=1S/C24H25ClN4O4S2.C23H22Cl2N4O4S2/c1-16-14-17(2-7-20(16)25)22-15-28(11-12-33-22)21-8-10-29(23(21)30)18-3-5-19(6-4-18)35(31,32)27-24-26-9-13-34-24;24-16-11-15(12-17(25)13-16)21-14-28(8-9-33-21)20-5-7-29(22(20)30)18-1-3-19(4-2-18)35(31,32)27-23-26-6-10-34-23/h2-7,9,13-14,21-22H,8,10-12,15H2,1H3,(H,26,27);1-4,6,10-13,20-21H,5,7-9,14H2,(H,26,27)/t21-,22-;20-,21-/m00/s1. The van der Waals surface area contributed by atoms with E-state index in [1.54, 1.807) is 50.9 Å². The number of thiazole rings is 2. The molecule has 16 nitrogen and oxygen atoms in total. The molecule has 6 heterocycles. The van der Waals surface area contributed by atoms with Crippen LogP contribution in [-0.2, 0) is 39.1 Å². The highest BCUT2D eigenvalue weighted by atomic mass is 35.5. The van der Waals surface area contributed by atoms with Crippen molar-refractivity contribution in [1.29, 1.82) is 0 Å². The van der Waals surface area contributed by atoms with Crippen molar-refractivity contribution in [2.75, 3.05) is 71.7 Å². The molecule has 4 aromatic carbocycles. The summed E-state index contributed by atoms with van der Waals surface area (Å²) in [6.07, 6.45) is 4.11. The zero-order valence-electron chi connectivity index (χ0n) is 37.5. The van der Waals surface area contributed by atoms with Crippen molar-refractivity contribution in [3.05, 3.63) is 140 Å². The number of halogens is 3. The van der Waals surface area contributed by atoms with Gasteiger partial charge in [-0.25, -0.2) is 26.8 Å². The Labute approximate surface area is 429 Å². The molecule has 0 unspecified atom stereocenters. The minimum absolute atomic E-state index is 0.00806. The maximum absolute atomic E-state index is 13.3. The number of aromatic nitrogens is 2. The number of aryl methyl sites for hydroxylation is 1. The molecule has 0 spiro atoms. The van der Waals surface area contributed by atoms with Gasteiger partial charge in [0.2, 0.25) is 11.8 Å². The molecule has 2 N–H and O–H groups in total. The van der Waals surface area contributed by atoms with Gasteiger partial charge in [-0.2, -0.15) is 0 Å². The Hall–Kier alpha value is -4.71. The molecule has 10 rings (SSSR count). The summed E-state index contributed by atoms with van der Waals surface area (Å²) in [5.74, 6) is 0.0146. The average molecular weight is 1090 g/mol. The third-order valence-corrected chi connectivity index (χ3v) is 17.7. The molecule has 4 atom stereocenters. The first-order valence-corrected chi connectivity index (χ1v) is 28.1. The Balaban J connectivity index is 0.000000174. The van der Waals surface area contributed by atoms with Gasteiger partial charge in [0.1, 0.15) is 0 Å². The van der Waals surface area contributed by atoms with Crippen LogP contribution in [0, 0.1) is 6.92 Å². The van der Waals surface area contributed by atoms with Crippen molar-refractivity contribution in [1.82, 2.24) is 19.8 Å². The van der Waals surface area contributed by atoms with Gasteiger partial charge in [-0.3, -0.25) is 28.8 Å². The zero-order chi connectivity index (χ0) is 49.2. The average Bonchev–Trinajstić information content (AvgIpc) is 4.20. The van der Waals surface area contributed by atoms with Crippen molar-refractivity contribution in [3.63, 3.8) is 0 Å². The van der Waals surface area contributed by atoms with E-state index < -0.39 is 20.0 Å². The molecule has 70 heavy (non-hydrogen) atoms. The molecule has 4 aliphatic rings. The largest absolute Gasteiger partial charge is 0.371 e. The first-order valence-electron chi connectivity index (χ1n) is 22.2. The van der Waals surface area contributed by atoms with Gasteiger partial charge in [0.15, 0.2) is 10.3 Å². The number of carbonyl (C=O) groups is 2. The maximum atomic E-state index is 13.3. The third kappa shape index (κ3) is 11.5. The van der Waals surface area contributed by atoms with Crippen LogP contribution in [0.4, 0.5) is 21.6 Å². The molecule has 4 aliphatic heterocycles. The minimum Gasteiger partial charge on any atom is -0.371 e. The summed E-state index contributed by atoms with van der Waals surface area (Å²) in [6, 6.07) is 23.4. The van der Waals surface area contributed by atoms with Crippen LogP contribution in [0.2, 0.25) is 15.1 Å². The van der Waals surface area contributed by atoms with Crippen LogP contribution in [0.1, 0.15) is 41.7 Å². The topological polar surface area (TPSA) is 184 Å². The highest BCUT2D eigenvalue weighted by Crippen LogP contribution is 2.34. The van der Waals surface area contributed by atoms with E-state index in [1.165, 1.54) is 59.3 Å². The predicted octanol–water partition coefficient (Wildman–Crippen LogP) is 8.51. The molecule has 0 saturated carbocycles. The molecule has 368 valence electrons. The number of rotatable bonds is 12. The Morgan fingerprint density at radius 2 is 1.06 bits per heavy atom. The lowest BCUT2D eigenvalue weighted by molar-refractivity contribution is -0.125. The second-order valence-corrected chi connectivity index (χ2v) is 23.3. The Morgan fingerprint density at radius 1 is 0.600 bits per heavy atom. The van der Waals surface area contributed by atoms with E-state index in [1.807, 2.05) is 37.3 Å². The quantitative estimate of drug-likeness (QED) is 0.119. The van der Waals surface area contributed by atoms with Crippen LogP contribution >= 0.6 is 57.5 Å². The lowest BCUT2D eigenvalue weighted by atomic mass is 10.0. The van der Waals surface area contributed by atoms with Crippen LogP contribution in [-0.4, -0.2) is 113 Å². The number of hydrogen-bond acceptors (Lipinski definition) is 14. The number of nitrogens with zero attached hydrogens (tertiary/aromatic N) is 6. The van der Waals surface area contributed by atoms with E-state index in [-0.39, 0.29) is 45.9 Å². The summed E-state index contributed by atoms with van der Waals surface area (Å²) in [5, 5.41) is 5.81. The second kappa shape index (κ2) is 21.6. The first-order chi connectivity index (χ1) is 33.6. The molecule has 2 aromatic heterocycles. The second-order valence-electron chi connectivity index (χ2n) is 16.9. The van der Waals surface area contributed by atoms with Crippen LogP contribution in [0.3, 0.4) is 0 Å². The van der Waals surface area contributed by atoms with Gasteiger partial charge in [0, 0.05) is 88.9 Å². The van der Waals surface area contributed by atoms with Crippen molar-refractivity contribution >= 4 is 111 Å². The molecule has 0 bridgehead atoms. The van der Waals surface area contributed by atoms with Gasteiger partial charge in [-0.05, 0) is 109 Å². The SMILES string of the molecule is Cc1cc([C@@H]2CN([C@H]3CCN(c4ccc(S(=O)(=O)Nc5nccs5)cc4)C3=O)CCO2)ccc1Cl.O=C1[C@@H](N2CCO[C@H](c3cc(Cl)cc(Cl)c3)C2)CCN1c1ccc(S(=O)(=O)Nc2nccs2)cc1. The van der Waals surface area contributed by atoms with Crippen LogP contribution in [0.15, 0.2) is 118 Å². The van der Waals surface area contributed by atoms with Crippen molar-refractivity contribution in [2.24, 2.45) is 0 Å². The van der Waals surface area contributed by atoms with Crippen LogP contribution in [0.25, 0.3) is 0 Å². The molecular weight excluding hydrogens is 1040 g/mol. The van der Waals surface area contributed by atoms with E-state index in [0.29, 0.717) is 97.0 Å². The van der Waals surface area contributed by atoms with Gasteiger partial charge in [0.05, 0.1) is 47.3 Å². The molecule has 6 aromatic rings. The van der Waals surface area contributed by atoms with E-state index in [0.717, 1.165) is 21.7 Å². The summed E-state index contributed by atoms with van der Waals surface area (Å²) in [5.41, 5.74) is 4.29. The smallest absolute Gasteiger partial charge is 0.263 e. The molecule has 0 radical (unpaired) electrons. The number of anilines is 4. The monoisotopic (exact) mass is 1080 g/mol. The number of hydrogen-bond donors (Lipinski definition) is 2. The number of nitrogens with one attached hydrogen (secondary N) is 2. The van der Waals surface area contributed by atoms with Gasteiger partial charge in [-0.1, -0.05) is 46.9 Å². The molecule has 0 aliphatic carbocycles. The van der Waals surface area contributed by atoms with Crippen molar-refractivity contribution in [2.45, 2.75) is 53.8 Å². The number of amides is 2. The fourth-order valence-electron chi connectivity index (χ4n) is 8.96. The van der Waals surface area contributed by atoms with E-state index in [2.05, 4.69) is 29.2 Å². The van der Waals surface area contributed by atoms with E-state index >= 15 is 0 Å². The lowest BCUT2D eigenvalue weighted by Gasteiger charge is -2.36. The Kier molecular flexibility index (Phi) is 15.5. The third-order valence-electron chi connectivity index (χ3n) is 12.5.